The first kappa shape index (κ1) is 22.1. The fraction of sp³-hybridized carbons (Fsp3) is 0.474. The van der Waals surface area contributed by atoms with Gasteiger partial charge in [0.05, 0.1) is 12.2 Å². The van der Waals surface area contributed by atoms with Crippen LogP contribution in [0.3, 0.4) is 0 Å². The van der Waals surface area contributed by atoms with Crippen molar-refractivity contribution in [2.75, 3.05) is 0 Å². The van der Waals surface area contributed by atoms with Gasteiger partial charge in [0, 0.05) is 25.7 Å². The van der Waals surface area contributed by atoms with Crippen LogP contribution in [0.25, 0.3) is 0 Å². The third-order valence-corrected chi connectivity index (χ3v) is 3.91. The van der Waals surface area contributed by atoms with E-state index < -0.39 is 18.4 Å². The van der Waals surface area contributed by atoms with Crippen LogP contribution in [0.15, 0.2) is 18.2 Å². The van der Waals surface area contributed by atoms with Gasteiger partial charge in [-0.1, -0.05) is 12.1 Å². The van der Waals surface area contributed by atoms with E-state index in [9.17, 15) is 14.4 Å². The standard InChI is InChI=1S/C19H23BN2O7/c1-11(2)26-19(25)28-12(3)27-18(24)14-7-4-6-13-10-15(20-29-17(13)14)22-16(23)8-5-9-21/h4,6-7,11-12,15,20H,5,8,10H2,1-3H3,(H,22,23). The molecule has 1 amide bonds. The van der Waals surface area contributed by atoms with Crippen LogP contribution in [0.1, 0.15) is 49.5 Å². The number of nitrogens with one attached hydrogen (secondary N) is 1. The summed E-state index contributed by atoms with van der Waals surface area (Å²) in [5.74, 6) is -0.813. The quantitative estimate of drug-likeness (QED) is 0.416. The number of hydrogen-bond donors (Lipinski definition) is 1. The maximum absolute atomic E-state index is 12.5. The molecule has 1 aromatic carbocycles. The molecule has 0 radical (unpaired) electrons. The summed E-state index contributed by atoms with van der Waals surface area (Å²) in [6.07, 6.45) is -1.67. The number of carbonyl (C=O) groups is 3. The van der Waals surface area contributed by atoms with E-state index in [4.69, 9.17) is 24.1 Å². The number of amides is 1. The average Bonchev–Trinajstić information content (AvgIpc) is 2.64. The Morgan fingerprint density at radius 3 is 2.72 bits per heavy atom. The van der Waals surface area contributed by atoms with Crippen molar-refractivity contribution in [2.45, 2.75) is 58.4 Å². The number of benzene rings is 1. The van der Waals surface area contributed by atoms with E-state index in [1.807, 2.05) is 6.07 Å². The van der Waals surface area contributed by atoms with Crippen molar-refractivity contribution in [3.05, 3.63) is 29.3 Å². The Kier molecular flexibility index (Phi) is 7.89. The summed E-state index contributed by atoms with van der Waals surface area (Å²) in [5.41, 5.74) is 0.938. The van der Waals surface area contributed by atoms with Crippen molar-refractivity contribution in [3.63, 3.8) is 0 Å². The third-order valence-electron chi connectivity index (χ3n) is 3.91. The van der Waals surface area contributed by atoms with E-state index in [-0.39, 0.29) is 43.8 Å². The predicted octanol–water partition coefficient (Wildman–Crippen LogP) is 1.78. The number of para-hydroxylation sites is 1. The molecule has 154 valence electrons. The van der Waals surface area contributed by atoms with Crippen molar-refractivity contribution in [2.24, 2.45) is 0 Å². The summed E-state index contributed by atoms with van der Waals surface area (Å²) < 4.78 is 20.6. The van der Waals surface area contributed by atoms with Crippen LogP contribution in [0.5, 0.6) is 5.75 Å². The summed E-state index contributed by atoms with van der Waals surface area (Å²) in [6, 6.07) is 6.94. The summed E-state index contributed by atoms with van der Waals surface area (Å²) in [6.45, 7) is 4.75. The van der Waals surface area contributed by atoms with E-state index >= 15 is 0 Å². The number of nitrogens with zero attached hydrogens (tertiary/aromatic N) is 1. The summed E-state index contributed by atoms with van der Waals surface area (Å²) in [7, 11) is 0.183. The molecule has 2 atom stereocenters. The molecule has 29 heavy (non-hydrogen) atoms. The Balaban J connectivity index is 1.98. The molecule has 9 nitrogen and oxygen atoms in total. The minimum Gasteiger partial charge on any atom is -0.561 e. The highest BCUT2D eigenvalue weighted by atomic mass is 16.8. The number of nitriles is 1. The predicted molar refractivity (Wildman–Crippen MR) is 102 cm³/mol. The summed E-state index contributed by atoms with van der Waals surface area (Å²) >= 11 is 0. The molecule has 1 aliphatic heterocycles. The molecule has 0 fully saturated rings. The lowest BCUT2D eigenvalue weighted by atomic mass is 9.79. The minimum atomic E-state index is -1.14. The lowest BCUT2D eigenvalue weighted by molar-refractivity contribution is -0.121. The largest absolute Gasteiger partial charge is 0.561 e. The molecule has 0 saturated heterocycles. The SMILES string of the molecule is CC(C)OC(=O)OC(C)OC(=O)c1cccc2c1OBC(NC(=O)CCC#N)C2. The fourth-order valence-corrected chi connectivity index (χ4v) is 2.74. The Labute approximate surface area is 169 Å². The summed E-state index contributed by atoms with van der Waals surface area (Å²) in [4.78, 5) is 35.8. The zero-order valence-corrected chi connectivity index (χ0v) is 16.6. The second kappa shape index (κ2) is 10.4. The van der Waals surface area contributed by atoms with Crippen molar-refractivity contribution in [3.8, 4) is 11.8 Å². The molecule has 2 rings (SSSR count). The van der Waals surface area contributed by atoms with Crippen LogP contribution in [0, 0.1) is 11.3 Å². The van der Waals surface area contributed by atoms with Crippen molar-refractivity contribution < 1.29 is 33.2 Å². The zero-order valence-electron chi connectivity index (χ0n) is 16.6. The molecule has 10 heteroatoms. The monoisotopic (exact) mass is 402 g/mol. The Morgan fingerprint density at radius 1 is 1.28 bits per heavy atom. The lowest BCUT2D eigenvalue weighted by Crippen LogP contribution is -2.45. The van der Waals surface area contributed by atoms with E-state index in [0.29, 0.717) is 12.2 Å². The van der Waals surface area contributed by atoms with Crippen LogP contribution < -0.4 is 9.97 Å². The highest BCUT2D eigenvalue weighted by Crippen LogP contribution is 2.29. The van der Waals surface area contributed by atoms with Gasteiger partial charge in [-0.15, -0.1) is 0 Å². The Hall–Kier alpha value is -3.22. The van der Waals surface area contributed by atoms with Gasteiger partial charge >= 0.3 is 19.6 Å². The summed E-state index contributed by atoms with van der Waals surface area (Å²) in [5, 5.41) is 11.4. The van der Waals surface area contributed by atoms with Gasteiger partial charge in [-0.2, -0.15) is 5.26 Å². The average molecular weight is 402 g/mol. The number of fused-ring (bicyclic) bond motifs is 1. The van der Waals surface area contributed by atoms with Crippen molar-refractivity contribution in [1.29, 1.82) is 5.26 Å². The number of rotatable bonds is 7. The van der Waals surface area contributed by atoms with E-state index in [1.165, 1.54) is 6.92 Å². The molecule has 0 aromatic heterocycles. The van der Waals surface area contributed by atoms with Gasteiger partial charge in [-0.05, 0) is 31.9 Å². The lowest BCUT2D eigenvalue weighted by Gasteiger charge is -2.26. The molecule has 0 bridgehead atoms. The number of esters is 1. The first-order valence-corrected chi connectivity index (χ1v) is 9.29. The second-order valence-corrected chi connectivity index (χ2v) is 6.74. The van der Waals surface area contributed by atoms with Gasteiger partial charge < -0.3 is 24.2 Å². The molecule has 2 unspecified atom stereocenters. The number of carbonyl (C=O) groups excluding carboxylic acids is 3. The third kappa shape index (κ3) is 6.71. The van der Waals surface area contributed by atoms with Gasteiger partial charge in [-0.3, -0.25) is 4.79 Å². The van der Waals surface area contributed by atoms with Crippen LogP contribution >= 0.6 is 0 Å². The minimum absolute atomic E-state index is 0.128. The van der Waals surface area contributed by atoms with Crippen molar-refractivity contribution >= 4 is 25.5 Å². The van der Waals surface area contributed by atoms with Gasteiger partial charge in [0.15, 0.2) is 0 Å². The first-order valence-electron chi connectivity index (χ1n) is 9.29. The molecular weight excluding hydrogens is 379 g/mol. The molecule has 1 aromatic rings. The molecule has 0 saturated carbocycles. The van der Waals surface area contributed by atoms with Crippen LogP contribution in [0.4, 0.5) is 4.79 Å². The fourth-order valence-electron chi connectivity index (χ4n) is 2.74. The maximum Gasteiger partial charge on any atom is 0.511 e. The molecule has 1 heterocycles. The van der Waals surface area contributed by atoms with Crippen LogP contribution in [-0.4, -0.2) is 43.8 Å². The van der Waals surface area contributed by atoms with Gasteiger partial charge in [0.1, 0.15) is 11.3 Å². The highest BCUT2D eigenvalue weighted by molar-refractivity contribution is 6.32. The Morgan fingerprint density at radius 2 is 2.03 bits per heavy atom. The molecule has 1 aliphatic rings. The number of hydrogen-bond acceptors (Lipinski definition) is 8. The smallest absolute Gasteiger partial charge is 0.511 e. The van der Waals surface area contributed by atoms with E-state index in [1.54, 1.807) is 32.0 Å². The van der Waals surface area contributed by atoms with Crippen LogP contribution in [-0.2, 0) is 25.4 Å². The molecule has 1 N–H and O–H groups in total. The van der Waals surface area contributed by atoms with Crippen LogP contribution in [0.2, 0.25) is 0 Å². The number of ether oxygens (including phenoxy) is 3. The second-order valence-electron chi connectivity index (χ2n) is 6.74. The molecule has 0 spiro atoms. The molecular formula is C19H23BN2O7. The van der Waals surface area contributed by atoms with Gasteiger partial charge in [0.2, 0.25) is 12.2 Å². The topological polar surface area (TPSA) is 124 Å². The van der Waals surface area contributed by atoms with E-state index in [2.05, 4.69) is 5.32 Å². The highest BCUT2D eigenvalue weighted by Gasteiger charge is 2.28. The zero-order chi connectivity index (χ0) is 21.4. The Bertz CT molecular complexity index is 806. The normalized spacial score (nSPS) is 15.6. The molecule has 0 aliphatic carbocycles. The van der Waals surface area contributed by atoms with Gasteiger partial charge in [-0.25, -0.2) is 9.59 Å². The van der Waals surface area contributed by atoms with Gasteiger partial charge in [0.25, 0.3) is 0 Å². The maximum atomic E-state index is 12.5. The van der Waals surface area contributed by atoms with Crippen molar-refractivity contribution in [1.82, 2.24) is 5.32 Å². The van der Waals surface area contributed by atoms with E-state index in [0.717, 1.165) is 5.56 Å². The first-order chi connectivity index (χ1) is 13.8.